The first kappa shape index (κ1) is 20.1. The molecule has 3 amide bonds. The number of piperazine rings is 1. The highest BCUT2D eigenvalue weighted by Crippen LogP contribution is 2.26. The molecule has 2 aliphatic heterocycles. The monoisotopic (exact) mass is 406 g/mol. The summed E-state index contributed by atoms with van der Waals surface area (Å²) in [6.07, 6.45) is 1.60. The number of nitrogens with zero attached hydrogens (tertiary/aromatic N) is 1. The van der Waals surface area contributed by atoms with E-state index >= 15 is 0 Å². The number of carbonyl (C=O) groups excluding carboxylic acids is 3. The van der Waals surface area contributed by atoms with E-state index in [1.807, 2.05) is 48.5 Å². The van der Waals surface area contributed by atoms with Gasteiger partial charge in [-0.1, -0.05) is 36.4 Å². The maximum Gasteiger partial charge on any atom is 0.251 e. The summed E-state index contributed by atoms with van der Waals surface area (Å²) in [5.74, 6) is -0.168. The van der Waals surface area contributed by atoms with E-state index < -0.39 is 0 Å². The molecule has 0 bridgehead atoms. The van der Waals surface area contributed by atoms with E-state index in [4.69, 9.17) is 0 Å². The normalized spacial score (nSPS) is 23.3. The topological polar surface area (TPSA) is 90.5 Å². The summed E-state index contributed by atoms with van der Waals surface area (Å²) in [5, 5.41) is 8.91. The zero-order valence-electron chi connectivity index (χ0n) is 16.7. The largest absolute Gasteiger partial charge is 0.353 e. The molecule has 156 valence electrons. The number of benzene rings is 2. The van der Waals surface area contributed by atoms with Gasteiger partial charge in [-0.3, -0.25) is 19.3 Å². The average Bonchev–Trinajstić information content (AvgIpc) is 3.19. The van der Waals surface area contributed by atoms with Crippen molar-refractivity contribution in [1.82, 2.24) is 15.5 Å². The van der Waals surface area contributed by atoms with Crippen molar-refractivity contribution in [2.24, 2.45) is 0 Å². The summed E-state index contributed by atoms with van der Waals surface area (Å²) in [6.45, 7) is 1.13. The third-order valence-corrected chi connectivity index (χ3v) is 5.76. The molecule has 0 spiro atoms. The first-order valence-electron chi connectivity index (χ1n) is 10.3. The van der Waals surface area contributed by atoms with Crippen LogP contribution in [0.15, 0.2) is 60.7 Å². The minimum Gasteiger partial charge on any atom is -0.353 e. The Bertz CT molecular complexity index is 903. The van der Waals surface area contributed by atoms with Crippen LogP contribution in [-0.2, 0) is 9.59 Å². The van der Waals surface area contributed by atoms with Crippen molar-refractivity contribution in [3.63, 3.8) is 0 Å². The van der Waals surface area contributed by atoms with Gasteiger partial charge < -0.3 is 16.0 Å². The Morgan fingerprint density at radius 1 is 1.03 bits per heavy atom. The number of nitrogens with one attached hydrogen (secondary N) is 3. The van der Waals surface area contributed by atoms with Gasteiger partial charge in [-0.2, -0.15) is 0 Å². The van der Waals surface area contributed by atoms with Crippen LogP contribution in [-0.4, -0.2) is 53.8 Å². The third-order valence-electron chi connectivity index (χ3n) is 5.76. The standard InChI is InChI=1S/C23H26N4O3/c28-21(25-17-9-5-2-6-10-17)12-11-19-14-24-23(30)20-13-18(15-27(19)20)26-22(29)16-7-3-1-4-8-16/h1-10,18-20H,11-15H2,(H,24,30)(H,25,28)(H,26,29)/t18-,19-,20+/m1/s1. The van der Waals surface area contributed by atoms with Crippen LogP contribution in [0.2, 0.25) is 0 Å². The van der Waals surface area contributed by atoms with Gasteiger partial charge in [0.2, 0.25) is 11.8 Å². The Kier molecular flexibility index (Phi) is 6.09. The van der Waals surface area contributed by atoms with Crippen molar-refractivity contribution in [2.45, 2.75) is 37.4 Å². The highest BCUT2D eigenvalue weighted by Gasteiger charge is 2.43. The van der Waals surface area contributed by atoms with Crippen LogP contribution >= 0.6 is 0 Å². The molecule has 0 radical (unpaired) electrons. The van der Waals surface area contributed by atoms with Gasteiger partial charge >= 0.3 is 0 Å². The van der Waals surface area contributed by atoms with Crippen molar-refractivity contribution in [3.8, 4) is 0 Å². The lowest BCUT2D eigenvalue weighted by Crippen LogP contribution is -2.57. The summed E-state index contributed by atoms with van der Waals surface area (Å²) < 4.78 is 0. The number of fused-ring (bicyclic) bond motifs is 1. The van der Waals surface area contributed by atoms with Crippen molar-refractivity contribution >= 4 is 23.4 Å². The molecule has 7 heteroatoms. The number of amides is 3. The molecule has 0 aromatic heterocycles. The van der Waals surface area contributed by atoms with Gasteiger partial charge in [0, 0.05) is 42.8 Å². The van der Waals surface area contributed by atoms with Crippen molar-refractivity contribution in [2.75, 3.05) is 18.4 Å². The van der Waals surface area contributed by atoms with Crippen LogP contribution in [0, 0.1) is 0 Å². The SMILES string of the molecule is O=C(CC[C@@H]1CNC(=O)[C@@H]2C[C@@H](NC(=O)c3ccccc3)CN12)Nc1ccccc1. The lowest BCUT2D eigenvalue weighted by atomic mass is 10.0. The van der Waals surface area contributed by atoms with Gasteiger partial charge in [-0.15, -0.1) is 0 Å². The van der Waals surface area contributed by atoms with E-state index in [0.717, 1.165) is 5.69 Å². The van der Waals surface area contributed by atoms with E-state index in [1.54, 1.807) is 12.1 Å². The smallest absolute Gasteiger partial charge is 0.251 e. The number of carbonyl (C=O) groups is 3. The van der Waals surface area contributed by atoms with Crippen molar-refractivity contribution in [3.05, 3.63) is 66.2 Å². The highest BCUT2D eigenvalue weighted by atomic mass is 16.2. The summed E-state index contributed by atoms with van der Waals surface area (Å²) in [6, 6.07) is 18.2. The fourth-order valence-corrected chi connectivity index (χ4v) is 4.25. The Morgan fingerprint density at radius 3 is 2.47 bits per heavy atom. The maximum atomic E-state index is 12.5. The Labute approximate surface area is 175 Å². The van der Waals surface area contributed by atoms with Crippen LogP contribution in [0.25, 0.3) is 0 Å². The molecule has 4 rings (SSSR count). The van der Waals surface area contributed by atoms with E-state index in [2.05, 4.69) is 20.9 Å². The molecule has 2 aromatic rings. The summed E-state index contributed by atoms with van der Waals surface area (Å²) in [4.78, 5) is 39.3. The van der Waals surface area contributed by atoms with Crippen LogP contribution < -0.4 is 16.0 Å². The molecule has 2 aromatic carbocycles. The molecule has 2 aliphatic rings. The summed E-state index contributed by atoms with van der Waals surface area (Å²) in [5.41, 5.74) is 1.39. The summed E-state index contributed by atoms with van der Waals surface area (Å²) >= 11 is 0. The molecular weight excluding hydrogens is 380 g/mol. The van der Waals surface area contributed by atoms with Gasteiger partial charge in [0.15, 0.2) is 0 Å². The molecular formula is C23H26N4O3. The second-order valence-corrected chi connectivity index (χ2v) is 7.84. The van der Waals surface area contributed by atoms with E-state index in [-0.39, 0.29) is 35.8 Å². The molecule has 2 heterocycles. The summed E-state index contributed by atoms with van der Waals surface area (Å²) in [7, 11) is 0. The number of hydrogen-bond donors (Lipinski definition) is 3. The first-order valence-corrected chi connectivity index (χ1v) is 10.3. The first-order chi connectivity index (χ1) is 14.6. The number of para-hydroxylation sites is 1. The van der Waals surface area contributed by atoms with E-state index in [0.29, 0.717) is 37.9 Å². The molecule has 0 saturated carbocycles. The molecule has 7 nitrogen and oxygen atoms in total. The minimum absolute atomic E-state index is 0.00329. The maximum absolute atomic E-state index is 12.5. The van der Waals surface area contributed by atoms with Gasteiger partial charge in [-0.25, -0.2) is 0 Å². The van der Waals surface area contributed by atoms with Crippen LogP contribution in [0.5, 0.6) is 0 Å². The predicted molar refractivity (Wildman–Crippen MR) is 114 cm³/mol. The van der Waals surface area contributed by atoms with Gasteiger partial charge in [0.05, 0.1) is 6.04 Å². The van der Waals surface area contributed by atoms with Crippen molar-refractivity contribution in [1.29, 1.82) is 0 Å². The quantitative estimate of drug-likeness (QED) is 0.682. The molecule has 30 heavy (non-hydrogen) atoms. The third kappa shape index (κ3) is 4.68. The zero-order valence-corrected chi connectivity index (χ0v) is 16.7. The minimum atomic E-state index is -0.262. The molecule has 2 fully saturated rings. The number of rotatable bonds is 6. The predicted octanol–water partition coefficient (Wildman–Crippen LogP) is 1.78. The zero-order chi connectivity index (χ0) is 20.9. The van der Waals surface area contributed by atoms with E-state index in [9.17, 15) is 14.4 Å². The van der Waals surface area contributed by atoms with Gasteiger partial charge in [0.25, 0.3) is 5.91 Å². The van der Waals surface area contributed by atoms with Crippen LogP contribution in [0.1, 0.15) is 29.6 Å². The Morgan fingerprint density at radius 2 is 1.73 bits per heavy atom. The lowest BCUT2D eigenvalue weighted by Gasteiger charge is -2.37. The van der Waals surface area contributed by atoms with Crippen LogP contribution in [0.3, 0.4) is 0 Å². The molecule has 2 saturated heterocycles. The fourth-order valence-electron chi connectivity index (χ4n) is 4.25. The number of hydrogen-bond acceptors (Lipinski definition) is 4. The molecule has 3 N–H and O–H groups in total. The highest BCUT2D eigenvalue weighted by molar-refractivity contribution is 5.94. The average molecular weight is 406 g/mol. The molecule has 0 unspecified atom stereocenters. The van der Waals surface area contributed by atoms with Crippen LogP contribution in [0.4, 0.5) is 5.69 Å². The van der Waals surface area contributed by atoms with E-state index in [1.165, 1.54) is 0 Å². The second-order valence-electron chi connectivity index (χ2n) is 7.84. The van der Waals surface area contributed by atoms with Crippen molar-refractivity contribution < 1.29 is 14.4 Å². The molecule has 3 atom stereocenters. The van der Waals surface area contributed by atoms with Gasteiger partial charge in [0.1, 0.15) is 0 Å². The van der Waals surface area contributed by atoms with Gasteiger partial charge in [-0.05, 0) is 37.1 Å². The fraction of sp³-hybridized carbons (Fsp3) is 0.348. The Balaban J connectivity index is 1.33. The Hall–Kier alpha value is -3.19. The second kappa shape index (κ2) is 9.09. The lowest BCUT2D eigenvalue weighted by molar-refractivity contribution is -0.129. The number of anilines is 1. The molecule has 0 aliphatic carbocycles.